The summed E-state index contributed by atoms with van der Waals surface area (Å²) < 4.78 is 0. The van der Waals surface area contributed by atoms with E-state index in [1.165, 1.54) is 5.56 Å². The molecule has 100 valence electrons. The zero-order valence-corrected chi connectivity index (χ0v) is 11.8. The predicted molar refractivity (Wildman–Crippen MR) is 76.6 cm³/mol. The Morgan fingerprint density at radius 1 is 1.06 bits per heavy atom. The monoisotopic (exact) mass is 247 g/mol. The molecule has 0 atom stereocenters. The molecule has 0 spiro atoms. The summed E-state index contributed by atoms with van der Waals surface area (Å²) in [7, 11) is 0. The fourth-order valence-corrected chi connectivity index (χ4v) is 2.31. The van der Waals surface area contributed by atoms with Crippen LogP contribution < -0.4 is 5.73 Å². The van der Waals surface area contributed by atoms with Crippen LogP contribution in [0.15, 0.2) is 24.3 Å². The largest absolute Gasteiger partial charge is 0.329 e. The van der Waals surface area contributed by atoms with E-state index in [4.69, 9.17) is 5.73 Å². The van der Waals surface area contributed by atoms with Crippen molar-refractivity contribution in [1.29, 1.82) is 0 Å². The summed E-state index contributed by atoms with van der Waals surface area (Å²) >= 11 is 0. The zero-order chi connectivity index (χ0) is 13.6. The summed E-state index contributed by atoms with van der Waals surface area (Å²) in [5, 5.41) is 0. The smallest absolute Gasteiger partial charge is 0.144 e. The molecule has 1 aromatic rings. The van der Waals surface area contributed by atoms with Gasteiger partial charge in [0.2, 0.25) is 0 Å². The van der Waals surface area contributed by atoms with E-state index in [1.807, 2.05) is 0 Å². The molecule has 2 N–H and O–H groups in total. The number of nitrogens with two attached hydrogens (primary N) is 1. The molecule has 0 aliphatic heterocycles. The first-order chi connectivity index (χ1) is 8.61. The first-order valence-electron chi connectivity index (χ1n) is 6.93. The summed E-state index contributed by atoms with van der Waals surface area (Å²) in [6.45, 7) is 6.68. The number of carbonyl (C=O) groups excluding carboxylic acids is 1. The Morgan fingerprint density at radius 3 is 1.94 bits per heavy atom. The van der Waals surface area contributed by atoms with Crippen molar-refractivity contribution in [2.24, 2.45) is 11.1 Å². The number of aryl methyl sites for hydroxylation is 1. The zero-order valence-electron chi connectivity index (χ0n) is 11.8. The van der Waals surface area contributed by atoms with E-state index < -0.39 is 0 Å². The highest BCUT2D eigenvalue weighted by atomic mass is 16.1. The number of ketones is 1. The van der Waals surface area contributed by atoms with Crippen molar-refractivity contribution in [3.8, 4) is 0 Å². The van der Waals surface area contributed by atoms with Gasteiger partial charge in [0.05, 0.1) is 0 Å². The maximum atomic E-state index is 12.4. The highest BCUT2D eigenvalue weighted by Crippen LogP contribution is 2.27. The molecule has 1 aromatic carbocycles. The summed E-state index contributed by atoms with van der Waals surface area (Å²) in [6, 6.07) is 8.32. The summed E-state index contributed by atoms with van der Waals surface area (Å²) in [5.41, 5.74) is 7.88. The third kappa shape index (κ3) is 3.20. The minimum Gasteiger partial charge on any atom is -0.329 e. The van der Waals surface area contributed by atoms with E-state index in [0.29, 0.717) is 13.0 Å². The van der Waals surface area contributed by atoms with Crippen LogP contribution in [-0.2, 0) is 17.6 Å². The third-order valence-electron chi connectivity index (χ3n) is 4.13. The molecule has 0 radical (unpaired) electrons. The van der Waals surface area contributed by atoms with Crippen LogP contribution in [0.5, 0.6) is 0 Å². The van der Waals surface area contributed by atoms with Gasteiger partial charge in [-0.05, 0) is 30.4 Å². The summed E-state index contributed by atoms with van der Waals surface area (Å²) in [6.07, 6.45) is 3.19. The molecule has 0 amide bonds. The van der Waals surface area contributed by atoms with E-state index in [1.54, 1.807) is 0 Å². The van der Waals surface area contributed by atoms with Gasteiger partial charge in [-0.1, -0.05) is 45.0 Å². The molecule has 0 unspecified atom stereocenters. The first kappa shape index (κ1) is 14.9. The summed E-state index contributed by atoms with van der Waals surface area (Å²) in [4.78, 5) is 12.4. The number of carbonyl (C=O) groups is 1. The Morgan fingerprint density at radius 2 is 1.56 bits per heavy atom. The normalized spacial score (nSPS) is 11.6. The SMILES string of the molecule is CCc1ccc(CC(=O)C(CC)(CC)CN)cc1. The van der Waals surface area contributed by atoms with Crippen molar-refractivity contribution in [2.75, 3.05) is 6.54 Å². The van der Waals surface area contributed by atoms with Crippen molar-refractivity contribution in [2.45, 2.75) is 46.5 Å². The maximum absolute atomic E-state index is 12.4. The fourth-order valence-electron chi connectivity index (χ4n) is 2.31. The average molecular weight is 247 g/mol. The van der Waals surface area contributed by atoms with Gasteiger partial charge in [0, 0.05) is 18.4 Å². The van der Waals surface area contributed by atoms with E-state index in [0.717, 1.165) is 24.8 Å². The minimum absolute atomic E-state index is 0.277. The minimum atomic E-state index is -0.330. The van der Waals surface area contributed by atoms with E-state index in [2.05, 4.69) is 45.0 Å². The molecule has 0 saturated heterocycles. The van der Waals surface area contributed by atoms with Gasteiger partial charge in [-0.15, -0.1) is 0 Å². The number of benzene rings is 1. The van der Waals surface area contributed by atoms with E-state index in [-0.39, 0.29) is 11.2 Å². The van der Waals surface area contributed by atoms with Gasteiger partial charge in [0.1, 0.15) is 5.78 Å². The number of Topliss-reactive ketones (excluding diaryl/α,β-unsaturated/α-hetero) is 1. The van der Waals surface area contributed by atoms with Crippen molar-refractivity contribution >= 4 is 5.78 Å². The van der Waals surface area contributed by atoms with Crippen molar-refractivity contribution in [3.05, 3.63) is 35.4 Å². The Labute approximate surface area is 111 Å². The van der Waals surface area contributed by atoms with Gasteiger partial charge in [-0.25, -0.2) is 0 Å². The topological polar surface area (TPSA) is 43.1 Å². The summed E-state index contributed by atoms with van der Waals surface area (Å²) in [5.74, 6) is 0.277. The van der Waals surface area contributed by atoms with Crippen LogP contribution in [0.1, 0.15) is 44.7 Å². The molecule has 0 aromatic heterocycles. The molecule has 1 rings (SSSR count). The molecule has 0 aliphatic carbocycles. The average Bonchev–Trinajstić information content (AvgIpc) is 2.42. The van der Waals surface area contributed by atoms with Gasteiger partial charge < -0.3 is 5.73 Å². The second-order valence-electron chi connectivity index (χ2n) is 4.96. The lowest BCUT2D eigenvalue weighted by atomic mass is 9.76. The Bertz CT molecular complexity index is 368. The Hall–Kier alpha value is -1.15. The molecule has 0 heterocycles. The van der Waals surface area contributed by atoms with Gasteiger partial charge in [-0.2, -0.15) is 0 Å². The quantitative estimate of drug-likeness (QED) is 0.804. The van der Waals surface area contributed by atoms with Crippen LogP contribution in [0.4, 0.5) is 0 Å². The maximum Gasteiger partial charge on any atom is 0.144 e. The predicted octanol–water partition coefficient (Wildman–Crippen LogP) is 3.13. The van der Waals surface area contributed by atoms with Crippen molar-refractivity contribution < 1.29 is 4.79 Å². The van der Waals surface area contributed by atoms with E-state index >= 15 is 0 Å². The lowest BCUT2D eigenvalue weighted by molar-refractivity contribution is -0.128. The van der Waals surface area contributed by atoms with Crippen LogP contribution in [0.2, 0.25) is 0 Å². The van der Waals surface area contributed by atoms with Crippen LogP contribution in [0, 0.1) is 5.41 Å². The number of hydrogen-bond donors (Lipinski definition) is 1. The molecule has 2 heteroatoms. The molecule has 18 heavy (non-hydrogen) atoms. The highest BCUT2D eigenvalue weighted by molar-refractivity contribution is 5.87. The van der Waals surface area contributed by atoms with Crippen LogP contribution in [-0.4, -0.2) is 12.3 Å². The van der Waals surface area contributed by atoms with Gasteiger partial charge >= 0.3 is 0 Å². The van der Waals surface area contributed by atoms with Gasteiger partial charge in [-0.3, -0.25) is 4.79 Å². The Kier molecular flexibility index (Phi) is 5.54. The van der Waals surface area contributed by atoms with E-state index in [9.17, 15) is 4.79 Å². The Balaban J connectivity index is 2.79. The second kappa shape index (κ2) is 6.69. The van der Waals surface area contributed by atoms with Crippen LogP contribution in [0.3, 0.4) is 0 Å². The molecular weight excluding hydrogens is 222 g/mol. The van der Waals surface area contributed by atoms with Crippen molar-refractivity contribution in [1.82, 2.24) is 0 Å². The molecule has 2 nitrogen and oxygen atoms in total. The lowest BCUT2D eigenvalue weighted by Crippen LogP contribution is -2.38. The first-order valence-corrected chi connectivity index (χ1v) is 6.93. The lowest BCUT2D eigenvalue weighted by Gasteiger charge is -2.28. The van der Waals surface area contributed by atoms with Gasteiger partial charge in [0.15, 0.2) is 0 Å². The molecule has 0 fully saturated rings. The van der Waals surface area contributed by atoms with Gasteiger partial charge in [0.25, 0.3) is 0 Å². The second-order valence-corrected chi connectivity index (χ2v) is 4.96. The van der Waals surface area contributed by atoms with Crippen molar-refractivity contribution in [3.63, 3.8) is 0 Å². The third-order valence-corrected chi connectivity index (χ3v) is 4.13. The molecule has 0 bridgehead atoms. The number of hydrogen-bond acceptors (Lipinski definition) is 2. The highest BCUT2D eigenvalue weighted by Gasteiger charge is 2.32. The standard InChI is InChI=1S/C16H25NO/c1-4-13-7-9-14(10-8-13)11-15(18)16(5-2,6-3)12-17/h7-10H,4-6,11-12,17H2,1-3H3. The molecule has 0 saturated carbocycles. The van der Waals surface area contributed by atoms with Crippen LogP contribution >= 0.6 is 0 Å². The number of rotatable bonds is 7. The fraction of sp³-hybridized carbons (Fsp3) is 0.562. The molecule has 0 aliphatic rings. The molecular formula is C16H25NO. The van der Waals surface area contributed by atoms with Crippen LogP contribution in [0.25, 0.3) is 0 Å².